The minimum Gasteiger partial charge on any atom is -0.323 e. The fourth-order valence-electron chi connectivity index (χ4n) is 1.51. The van der Waals surface area contributed by atoms with Gasteiger partial charge in [-0.15, -0.1) is 0 Å². The zero-order valence-electron chi connectivity index (χ0n) is 9.94. The predicted molar refractivity (Wildman–Crippen MR) is 76.0 cm³/mol. The number of rotatable bonds is 5. The lowest BCUT2D eigenvalue weighted by atomic mass is 10.3. The van der Waals surface area contributed by atoms with Crippen molar-refractivity contribution in [1.82, 2.24) is 0 Å². The van der Waals surface area contributed by atoms with Gasteiger partial charge in [0.2, 0.25) is 0 Å². The van der Waals surface area contributed by atoms with E-state index in [0.29, 0.717) is 5.69 Å². The molecule has 1 heterocycles. The first kappa shape index (κ1) is 14.2. The third kappa shape index (κ3) is 2.87. The summed E-state index contributed by atoms with van der Waals surface area (Å²) in [5.41, 5.74) is 2.26. The van der Waals surface area contributed by atoms with Crippen LogP contribution in [-0.2, 0) is 10.0 Å². The van der Waals surface area contributed by atoms with Gasteiger partial charge in [0.25, 0.3) is 15.7 Å². The van der Waals surface area contributed by atoms with Crippen LogP contribution < -0.4 is 16.0 Å². The van der Waals surface area contributed by atoms with Crippen LogP contribution in [-0.4, -0.2) is 13.3 Å². The molecule has 1 aromatic carbocycles. The van der Waals surface area contributed by atoms with Crippen molar-refractivity contribution in [2.24, 2.45) is 5.84 Å². The lowest BCUT2D eigenvalue weighted by Crippen LogP contribution is -2.17. The Morgan fingerprint density at radius 3 is 2.60 bits per heavy atom. The number of hydrogen-bond acceptors (Lipinski definition) is 7. The molecule has 0 radical (unpaired) electrons. The Kier molecular flexibility index (Phi) is 3.88. The van der Waals surface area contributed by atoms with Crippen molar-refractivity contribution in [1.29, 1.82) is 0 Å². The van der Waals surface area contributed by atoms with E-state index in [1.165, 1.54) is 11.3 Å². The highest BCUT2D eigenvalue weighted by molar-refractivity contribution is 7.92. The van der Waals surface area contributed by atoms with E-state index < -0.39 is 14.9 Å². The Hall–Kier alpha value is -2.17. The van der Waals surface area contributed by atoms with Crippen molar-refractivity contribution in [3.63, 3.8) is 0 Å². The number of nitrogen functional groups attached to an aromatic ring is 1. The topological polar surface area (TPSA) is 127 Å². The average Bonchev–Trinajstić information content (AvgIpc) is 2.89. The van der Waals surface area contributed by atoms with Gasteiger partial charge in [0.15, 0.2) is 0 Å². The number of nitrogens with zero attached hydrogens (tertiary/aromatic N) is 1. The second-order valence-electron chi connectivity index (χ2n) is 3.70. The summed E-state index contributed by atoms with van der Waals surface area (Å²) in [6, 6.07) is 4.89. The van der Waals surface area contributed by atoms with Crippen LogP contribution in [0.5, 0.6) is 0 Å². The van der Waals surface area contributed by atoms with Crippen LogP contribution in [0, 0.1) is 10.1 Å². The molecule has 106 valence electrons. The third-order valence-electron chi connectivity index (χ3n) is 2.39. The van der Waals surface area contributed by atoms with Crippen molar-refractivity contribution in [2.45, 2.75) is 4.90 Å². The molecule has 10 heteroatoms. The molecule has 0 aliphatic carbocycles. The smallest absolute Gasteiger partial charge is 0.271 e. The van der Waals surface area contributed by atoms with Gasteiger partial charge >= 0.3 is 0 Å². The number of nitrogens with one attached hydrogen (secondary N) is 2. The van der Waals surface area contributed by atoms with Crippen LogP contribution in [0.4, 0.5) is 17.1 Å². The maximum Gasteiger partial charge on any atom is 0.271 e. The molecule has 0 saturated heterocycles. The standard InChI is InChI=1S/C10H10N4O4S2/c11-12-9-5-8(14(15)16)1-2-10(9)20(17,18)13-7-3-4-19-6-7/h1-6,12-13H,11H2. The molecule has 0 atom stereocenters. The van der Waals surface area contributed by atoms with E-state index >= 15 is 0 Å². The van der Waals surface area contributed by atoms with Crippen LogP contribution in [0.25, 0.3) is 0 Å². The number of sulfonamides is 1. The van der Waals surface area contributed by atoms with Crippen LogP contribution >= 0.6 is 11.3 Å². The molecule has 1 aromatic heterocycles. The second-order valence-corrected chi connectivity index (χ2v) is 6.13. The summed E-state index contributed by atoms with van der Waals surface area (Å²) in [7, 11) is -3.88. The molecular formula is C10H10N4O4S2. The number of nitro groups is 1. The lowest BCUT2D eigenvalue weighted by molar-refractivity contribution is -0.384. The minimum atomic E-state index is -3.88. The zero-order valence-corrected chi connectivity index (χ0v) is 11.6. The number of nitro benzene ring substituents is 1. The molecule has 0 aliphatic rings. The van der Waals surface area contributed by atoms with Gasteiger partial charge in [-0.05, 0) is 17.5 Å². The van der Waals surface area contributed by atoms with E-state index in [-0.39, 0.29) is 16.3 Å². The highest BCUT2D eigenvalue weighted by Crippen LogP contribution is 2.27. The Balaban J connectivity index is 2.43. The van der Waals surface area contributed by atoms with Crippen molar-refractivity contribution in [2.75, 3.05) is 10.1 Å². The van der Waals surface area contributed by atoms with Gasteiger partial charge in [0, 0.05) is 17.5 Å². The molecule has 0 aliphatic heterocycles. The molecule has 0 fully saturated rings. The molecule has 0 unspecified atom stereocenters. The van der Waals surface area contributed by atoms with Crippen molar-refractivity contribution in [3.05, 3.63) is 45.1 Å². The van der Waals surface area contributed by atoms with E-state index in [9.17, 15) is 18.5 Å². The van der Waals surface area contributed by atoms with Crippen molar-refractivity contribution in [3.8, 4) is 0 Å². The first-order valence-electron chi connectivity index (χ1n) is 5.24. The number of anilines is 2. The lowest BCUT2D eigenvalue weighted by Gasteiger charge is -2.10. The molecule has 2 aromatic rings. The molecule has 0 amide bonds. The molecule has 20 heavy (non-hydrogen) atoms. The first-order chi connectivity index (χ1) is 9.44. The van der Waals surface area contributed by atoms with Crippen LogP contribution in [0.1, 0.15) is 0 Å². The number of hydrazine groups is 1. The summed E-state index contributed by atoms with van der Waals surface area (Å²) < 4.78 is 26.7. The molecule has 2 rings (SSSR count). The summed E-state index contributed by atoms with van der Waals surface area (Å²) in [6.07, 6.45) is 0. The summed E-state index contributed by atoms with van der Waals surface area (Å²) in [5.74, 6) is 5.23. The number of benzene rings is 1. The fraction of sp³-hybridized carbons (Fsp3) is 0. The van der Waals surface area contributed by atoms with Gasteiger partial charge in [-0.2, -0.15) is 11.3 Å². The van der Waals surface area contributed by atoms with Crippen molar-refractivity contribution < 1.29 is 13.3 Å². The van der Waals surface area contributed by atoms with E-state index in [0.717, 1.165) is 18.2 Å². The maximum atomic E-state index is 12.2. The molecule has 0 bridgehead atoms. The Labute approximate surface area is 118 Å². The van der Waals surface area contributed by atoms with Gasteiger partial charge < -0.3 is 5.43 Å². The van der Waals surface area contributed by atoms with Gasteiger partial charge in [-0.1, -0.05) is 0 Å². The zero-order chi connectivity index (χ0) is 14.8. The quantitative estimate of drug-likeness (QED) is 0.438. The number of hydrogen-bond donors (Lipinski definition) is 3. The monoisotopic (exact) mass is 314 g/mol. The van der Waals surface area contributed by atoms with Crippen LogP contribution in [0.3, 0.4) is 0 Å². The SMILES string of the molecule is NNc1cc([N+](=O)[O-])ccc1S(=O)(=O)Nc1ccsc1. The van der Waals surface area contributed by atoms with E-state index in [2.05, 4.69) is 10.1 Å². The number of nitrogens with two attached hydrogens (primary N) is 1. The third-order valence-corrected chi connectivity index (χ3v) is 4.52. The molecular weight excluding hydrogens is 304 g/mol. The van der Waals surface area contributed by atoms with Crippen LogP contribution in [0.15, 0.2) is 39.9 Å². The Morgan fingerprint density at radius 1 is 1.30 bits per heavy atom. The van der Waals surface area contributed by atoms with Crippen molar-refractivity contribution >= 4 is 38.4 Å². The molecule has 4 N–H and O–H groups in total. The summed E-state index contributed by atoms with van der Waals surface area (Å²) in [4.78, 5) is 9.85. The molecule has 0 saturated carbocycles. The van der Waals surface area contributed by atoms with E-state index in [1.807, 2.05) is 0 Å². The highest BCUT2D eigenvalue weighted by atomic mass is 32.2. The predicted octanol–water partition coefficient (Wildman–Crippen LogP) is 1.74. The normalized spacial score (nSPS) is 11.1. The minimum absolute atomic E-state index is 0.0538. The average molecular weight is 314 g/mol. The van der Waals surface area contributed by atoms with E-state index in [4.69, 9.17) is 5.84 Å². The summed E-state index contributed by atoms with van der Waals surface area (Å²) in [5, 5.41) is 14.0. The maximum absolute atomic E-state index is 12.2. The van der Waals surface area contributed by atoms with Gasteiger partial charge in [-0.25, -0.2) is 8.42 Å². The van der Waals surface area contributed by atoms with Gasteiger partial charge in [-0.3, -0.25) is 20.7 Å². The second kappa shape index (κ2) is 5.45. The molecule has 0 spiro atoms. The van der Waals surface area contributed by atoms with Gasteiger partial charge in [0.1, 0.15) is 4.90 Å². The number of thiophene rings is 1. The highest BCUT2D eigenvalue weighted by Gasteiger charge is 2.21. The van der Waals surface area contributed by atoms with Gasteiger partial charge in [0.05, 0.1) is 16.3 Å². The Bertz CT molecular complexity index is 728. The summed E-state index contributed by atoms with van der Waals surface area (Å²) in [6.45, 7) is 0. The van der Waals surface area contributed by atoms with Crippen LogP contribution in [0.2, 0.25) is 0 Å². The number of non-ortho nitro benzene ring substituents is 1. The van der Waals surface area contributed by atoms with E-state index in [1.54, 1.807) is 16.8 Å². The first-order valence-corrected chi connectivity index (χ1v) is 7.67. The Morgan fingerprint density at radius 2 is 2.05 bits per heavy atom. The largest absolute Gasteiger partial charge is 0.323 e. The molecule has 8 nitrogen and oxygen atoms in total. The fourth-order valence-corrected chi connectivity index (χ4v) is 3.38. The summed E-state index contributed by atoms with van der Waals surface area (Å²) >= 11 is 1.34.